The Morgan fingerprint density at radius 3 is 2.20 bits per heavy atom. The van der Waals surface area contributed by atoms with Crippen LogP contribution < -0.4 is 37.1 Å². The Morgan fingerprint density at radius 2 is 1.60 bits per heavy atom. The van der Waals surface area contributed by atoms with E-state index in [1.807, 2.05) is 30.3 Å². The van der Waals surface area contributed by atoms with Crippen LogP contribution >= 0.6 is 0 Å². The normalized spacial score (nSPS) is 21.5. The maximum Gasteiger partial charge on any atom is 0.338 e. The number of para-hydroxylation sites is 1. The van der Waals surface area contributed by atoms with Crippen molar-refractivity contribution in [3.63, 3.8) is 0 Å². The van der Waals surface area contributed by atoms with E-state index in [-0.39, 0.29) is 30.8 Å². The lowest BCUT2D eigenvalue weighted by molar-refractivity contribution is -0.466. The SMILES string of the molecule is NC(N)=[NH+]CCC[C@H]([NH3+])C(=O)[O-].O=C([O-])CCCCCCC1C(CC[C@@H](O)COc2ccccc2)[C@H](O)C[C@@H]1O. The molecular formula is C28H48N4O8. The molecule has 0 spiro atoms. The molecule has 1 aliphatic rings. The summed E-state index contributed by atoms with van der Waals surface area (Å²) in [6.07, 6.45) is 5.16. The zero-order chi connectivity index (χ0) is 29.9. The molecular weight excluding hydrogens is 520 g/mol. The number of carboxylic acid groups (broad SMARTS) is 2. The molecule has 6 atom stereocenters. The average molecular weight is 569 g/mol. The summed E-state index contributed by atoms with van der Waals surface area (Å²) in [6, 6.07) is 8.67. The number of carbonyl (C=O) groups excluding carboxylic acids is 2. The number of unbranched alkanes of at least 4 members (excludes halogenated alkanes) is 3. The number of ether oxygens (including phenoxy) is 1. The van der Waals surface area contributed by atoms with Crippen LogP contribution in [0.25, 0.3) is 0 Å². The first-order valence-electron chi connectivity index (χ1n) is 14.1. The van der Waals surface area contributed by atoms with Crippen molar-refractivity contribution in [3.8, 4) is 5.75 Å². The van der Waals surface area contributed by atoms with Crippen LogP contribution in [0.15, 0.2) is 30.3 Å². The molecule has 2 unspecified atom stereocenters. The molecule has 0 aromatic heterocycles. The summed E-state index contributed by atoms with van der Waals surface area (Å²) in [7, 11) is 0. The lowest BCUT2D eigenvalue weighted by atomic mass is 9.85. The van der Waals surface area contributed by atoms with Crippen molar-refractivity contribution in [1.82, 2.24) is 0 Å². The number of hydrogen-bond acceptors (Lipinski definition) is 8. The standard InChI is InChI=1S/C22H34O6.C6H14N4O2/c23-16(15-28-17-8-4-3-5-9-17)12-13-19-18(20(24)14-21(19)25)10-6-1-2-7-11-22(26)27;7-4(5(11)12)2-1-3-10-6(8)9/h3-5,8-9,16,18-21,23-25H,1-2,6-7,10-15H2,(H,26,27);4H,1-3,7H2,(H,11,12)(H4,8,9,10)/t16-,18?,19?,20+,21-;4-/m10/s1. The molecule has 0 saturated heterocycles. The summed E-state index contributed by atoms with van der Waals surface area (Å²) in [6.45, 7) is 0.764. The van der Waals surface area contributed by atoms with Crippen molar-refractivity contribution >= 4 is 17.9 Å². The number of carboxylic acids is 2. The minimum absolute atomic E-state index is 0.0235. The molecule has 12 heteroatoms. The van der Waals surface area contributed by atoms with Crippen LogP contribution in [-0.4, -0.2) is 70.7 Å². The van der Waals surface area contributed by atoms with Crippen molar-refractivity contribution in [2.24, 2.45) is 23.3 Å². The van der Waals surface area contributed by atoms with E-state index < -0.39 is 36.3 Å². The number of benzene rings is 1. The fourth-order valence-electron chi connectivity index (χ4n) is 4.86. The second-order valence-corrected chi connectivity index (χ2v) is 10.4. The van der Waals surface area contributed by atoms with Gasteiger partial charge in [0.05, 0.1) is 30.8 Å². The Bertz CT molecular complexity index is 869. The number of nitrogens with two attached hydrogens (primary N) is 2. The third-order valence-electron chi connectivity index (χ3n) is 7.10. The predicted molar refractivity (Wildman–Crippen MR) is 144 cm³/mol. The lowest BCUT2D eigenvalue weighted by Gasteiger charge is -2.24. The highest BCUT2D eigenvalue weighted by atomic mass is 16.5. The third-order valence-corrected chi connectivity index (χ3v) is 7.10. The van der Waals surface area contributed by atoms with Gasteiger partial charge in [-0.15, -0.1) is 0 Å². The van der Waals surface area contributed by atoms with Crippen molar-refractivity contribution in [2.75, 3.05) is 13.2 Å². The summed E-state index contributed by atoms with van der Waals surface area (Å²) in [5.74, 6) is -1.27. The van der Waals surface area contributed by atoms with Crippen molar-refractivity contribution in [1.29, 1.82) is 0 Å². The average Bonchev–Trinajstić information content (AvgIpc) is 3.18. The molecule has 1 fully saturated rings. The van der Waals surface area contributed by atoms with Gasteiger partial charge >= 0.3 is 5.96 Å². The highest BCUT2D eigenvalue weighted by Gasteiger charge is 2.40. The van der Waals surface area contributed by atoms with Gasteiger partial charge in [0.25, 0.3) is 0 Å². The molecule has 11 N–H and O–H groups in total. The first kappa shape index (κ1) is 35.1. The number of hydrogen-bond donors (Lipinski definition) is 7. The molecule has 12 nitrogen and oxygen atoms in total. The van der Waals surface area contributed by atoms with Gasteiger partial charge in [0.1, 0.15) is 18.4 Å². The van der Waals surface area contributed by atoms with Crippen LogP contribution in [0, 0.1) is 11.8 Å². The molecule has 1 saturated carbocycles. The molecule has 0 bridgehead atoms. The van der Waals surface area contributed by atoms with Gasteiger partial charge in [-0.25, -0.2) is 0 Å². The second-order valence-electron chi connectivity index (χ2n) is 10.4. The van der Waals surface area contributed by atoms with E-state index in [0.717, 1.165) is 31.4 Å². The quantitative estimate of drug-likeness (QED) is 0.0516. The minimum Gasteiger partial charge on any atom is -0.550 e. The molecule has 2 rings (SSSR count). The molecule has 1 aromatic carbocycles. The molecule has 0 aliphatic heterocycles. The molecule has 40 heavy (non-hydrogen) atoms. The highest BCUT2D eigenvalue weighted by Crippen LogP contribution is 2.39. The second kappa shape index (κ2) is 20.0. The van der Waals surface area contributed by atoms with Crippen LogP contribution in [0.3, 0.4) is 0 Å². The summed E-state index contributed by atoms with van der Waals surface area (Å²) in [4.78, 5) is 23.3. The molecule has 1 aliphatic carbocycles. The van der Waals surface area contributed by atoms with E-state index in [2.05, 4.69) is 10.7 Å². The van der Waals surface area contributed by atoms with Gasteiger partial charge in [-0.2, -0.15) is 0 Å². The zero-order valence-corrected chi connectivity index (χ0v) is 23.3. The highest BCUT2D eigenvalue weighted by molar-refractivity contribution is 5.69. The number of guanidine groups is 1. The smallest absolute Gasteiger partial charge is 0.338 e. The van der Waals surface area contributed by atoms with E-state index in [1.165, 1.54) is 0 Å². The van der Waals surface area contributed by atoms with Crippen LogP contribution in [0.5, 0.6) is 5.75 Å². The van der Waals surface area contributed by atoms with E-state index in [0.29, 0.717) is 45.1 Å². The number of aliphatic hydroxyl groups is 3. The predicted octanol–water partition coefficient (Wildman–Crippen LogP) is -3.86. The molecule has 0 radical (unpaired) electrons. The van der Waals surface area contributed by atoms with E-state index in [9.17, 15) is 35.1 Å². The zero-order valence-electron chi connectivity index (χ0n) is 23.3. The number of aliphatic hydroxyl groups excluding tert-OH is 3. The number of rotatable bonds is 18. The Hall–Kier alpha value is -2.93. The van der Waals surface area contributed by atoms with Crippen LogP contribution in [-0.2, 0) is 9.59 Å². The van der Waals surface area contributed by atoms with Gasteiger partial charge in [-0.1, -0.05) is 37.5 Å². The molecule has 1 aromatic rings. The number of aliphatic carboxylic acids is 2. The molecule has 0 heterocycles. The van der Waals surface area contributed by atoms with Crippen molar-refractivity contribution < 1.29 is 50.6 Å². The van der Waals surface area contributed by atoms with Gasteiger partial charge in [0, 0.05) is 12.4 Å². The van der Waals surface area contributed by atoms with E-state index >= 15 is 0 Å². The summed E-state index contributed by atoms with van der Waals surface area (Å²) < 4.78 is 5.57. The fraction of sp³-hybridized carbons (Fsp3) is 0.679. The Kier molecular flexibility index (Phi) is 17.6. The molecule has 228 valence electrons. The largest absolute Gasteiger partial charge is 0.550 e. The minimum atomic E-state index is -1.13. The number of quaternary nitrogens is 1. The monoisotopic (exact) mass is 568 g/mol. The van der Waals surface area contributed by atoms with Crippen LogP contribution in [0.1, 0.15) is 70.6 Å². The summed E-state index contributed by atoms with van der Waals surface area (Å²) in [5.41, 5.74) is 13.6. The first-order valence-corrected chi connectivity index (χ1v) is 14.1. The maximum absolute atomic E-state index is 10.4. The number of carbonyl (C=O) groups is 2. The van der Waals surface area contributed by atoms with Gasteiger partial charge in [0.15, 0.2) is 0 Å². The summed E-state index contributed by atoms with van der Waals surface area (Å²) in [5, 5.41) is 51.4. The molecule has 0 amide bonds. The van der Waals surface area contributed by atoms with Gasteiger partial charge in [0.2, 0.25) is 0 Å². The Morgan fingerprint density at radius 1 is 0.975 bits per heavy atom. The first-order chi connectivity index (χ1) is 19.0. The van der Waals surface area contributed by atoms with Crippen LogP contribution in [0.2, 0.25) is 0 Å². The van der Waals surface area contributed by atoms with Gasteiger partial charge < -0.3 is 45.6 Å². The van der Waals surface area contributed by atoms with Gasteiger partial charge in [-0.05, 0) is 68.9 Å². The van der Waals surface area contributed by atoms with E-state index in [4.69, 9.17) is 16.2 Å². The summed E-state index contributed by atoms with van der Waals surface area (Å²) >= 11 is 0. The van der Waals surface area contributed by atoms with Crippen molar-refractivity contribution in [3.05, 3.63) is 30.3 Å². The fourth-order valence-corrected chi connectivity index (χ4v) is 4.86. The number of nitrogens with one attached hydrogen (secondary N) is 1. The lowest BCUT2D eigenvalue weighted by Crippen LogP contribution is -2.78. The Labute approximate surface area is 236 Å². The Balaban J connectivity index is 0.000000562. The van der Waals surface area contributed by atoms with Gasteiger partial charge in [-0.3, -0.25) is 16.5 Å². The van der Waals surface area contributed by atoms with Crippen LogP contribution in [0.4, 0.5) is 0 Å². The van der Waals surface area contributed by atoms with E-state index in [1.54, 1.807) is 0 Å². The van der Waals surface area contributed by atoms with Crippen molar-refractivity contribution in [2.45, 2.75) is 95.0 Å². The maximum atomic E-state index is 10.4. The third kappa shape index (κ3) is 15.6. The topological polar surface area (TPSA) is 244 Å².